The summed E-state index contributed by atoms with van der Waals surface area (Å²) in [5, 5.41) is 0. The van der Waals surface area contributed by atoms with E-state index in [-0.39, 0.29) is 5.92 Å². The molecule has 1 aromatic rings. The molecule has 0 aromatic heterocycles. The highest BCUT2D eigenvalue weighted by Crippen LogP contribution is 2.22. The zero-order valence-corrected chi connectivity index (χ0v) is 10.8. The van der Waals surface area contributed by atoms with E-state index in [9.17, 15) is 4.79 Å². The van der Waals surface area contributed by atoms with Gasteiger partial charge in [-0.1, -0.05) is 40.3 Å². The van der Waals surface area contributed by atoms with Gasteiger partial charge in [-0.2, -0.15) is 0 Å². The molecule has 0 aliphatic heterocycles. The van der Waals surface area contributed by atoms with Crippen molar-refractivity contribution in [2.24, 2.45) is 0 Å². The number of hydrogen-bond acceptors (Lipinski definition) is 3. The maximum absolute atomic E-state index is 10.9. The van der Waals surface area contributed by atoms with E-state index in [1.807, 2.05) is 30.5 Å². The van der Waals surface area contributed by atoms with Crippen LogP contribution in [0.3, 0.4) is 0 Å². The summed E-state index contributed by atoms with van der Waals surface area (Å²) < 4.78 is 1.71. The number of halogens is 1. The van der Waals surface area contributed by atoms with E-state index in [1.54, 1.807) is 0 Å². The van der Waals surface area contributed by atoms with Crippen LogP contribution in [0.1, 0.15) is 11.5 Å². The van der Waals surface area contributed by atoms with E-state index < -0.39 is 0 Å². The molecule has 0 N–H and O–H groups in total. The molecule has 74 valence electrons. The van der Waals surface area contributed by atoms with E-state index in [4.69, 9.17) is 12.2 Å². The smallest absolute Gasteiger partial charge is 0.133 e. The fraction of sp³-hybridized carbons (Fsp3) is 0.200. The molecule has 0 spiro atoms. The number of thioether (sulfide) groups is 1. The van der Waals surface area contributed by atoms with E-state index >= 15 is 0 Å². The van der Waals surface area contributed by atoms with Crippen LogP contribution >= 0.6 is 39.9 Å². The largest absolute Gasteiger partial charge is 0.302 e. The van der Waals surface area contributed by atoms with Crippen molar-refractivity contribution in [1.29, 1.82) is 0 Å². The van der Waals surface area contributed by atoms with Gasteiger partial charge in [-0.25, -0.2) is 0 Å². The lowest BCUT2D eigenvalue weighted by Gasteiger charge is -2.09. The van der Waals surface area contributed by atoms with Crippen LogP contribution in [0.2, 0.25) is 0 Å². The van der Waals surface area contributed by atoms with Crippen molar-refractivity contribution in [1.82, 2.24) is 0 Å². The number of rotatable bonds is 3. The molecule has 0 fully saturated rings. The SMILES string of the molecule is CSC(=S)[C@@H](C=O)c1ccc(Br)cc1. The normalized spacial score (nSPS) is 12.1. The van der Waals surface area contributed by atoms with Crippen molar-refractivity contribution in [3.05, 3.63) is 34.3 Å². The molecule has 1 atom stereocenters. The summed E-state index contributed by atoms with van der Waals surface area (Å²) in [6.45, 7) is 0. The highest BCUT2D eigenvalue weighted by atomic mass is 79.9. The van der Waals surface area contributed by atoms with E-state index in [2.05, 4.69) is 15.9 Å². The zero-order valence-electron chi connectivity index (χ0n) is 7.57. The van der Waals surface area contributed by atoms with Crippen LogP contribution in [-0.2, 0) is 4.79 Å². The fourth-order valence-corrected chi connectivity index (χ4v) is 1.97. The summed E-state index contributed by atoms with van der Waals surface area (Å²) in [6, 6.07) is 7.64. The minimum absolute atomic E-state index is 0.270. The Kier molecular flexibility index (Phi) is 4.78. The summed E-state index contributed by atoms with van der Waals surface area (Å²) in [7, 11) is 0. The first-order chi connectivity index (χ1) is 6.69. The van der Waals surface area contributed by atoms with Crippen LogP contribution in [0.4, 0.5) is 0 Å². The number of carbonyl (C=O) groups is 1. The Morgan fingerprint density at radius 2 is 2.07 bits per heavy atom. The monoisotopic (exact) mass is 288 g/mol. The number of carbonyl (C=O) groups excluding carboxylic acids is 1. The van der Waals surface area contributed by atoms with Gasteiger partial charge in [0.25, 0.3) is 0 Å². The Morgan fingerprint density at radius 3 is 2.50 bits per heavy atom. The summed E-state index contributed by atoms with van der Waals surface area (Å²) in [6.07, 6.45) is 2.78. The second kappa shape index (κ2) is 5.63. The summed E-state index contributed by atoms with van der Waals surface area (Å²) >= 11 is 9.90. The number of benzene rings is 1. The van der Waals surface area contributed by atoms with Crippen LogP contribution < -0.4 is 0 Å². The van der Waals surface area contributed by atoms with Gasteiger partial charge in [-0.15, -0.1) is 11.8 Å². The first-order valence-corrected chi connectivity index (χ1v) is 6.40. The van der Waals surface area contributed by atoms with Crippen molar-refractivity contribution in [3.63, 3.8) is 0 Å². The van der Waals surface area contributed by atoms with Gasteiger partial charge in [-0.05, 0) is 24.0 Å². The van der Waals surface area contributed by atoms with Crippen LogP contribution in [0.5, 0.6) is 0 Å². The van der Waals surface area contributed by atoms with Gasteiger partial charge in [0.1, 0.15) is 6.29 Å². The quantitative estimate of drug-likeness (QED) is 0.627. The lowest BCUT2D eigenvalue weighted by atomic mass is 10.0. The number of aldehydes is 1. The average molecular weight is 289 g/mol. The van der Waals surface area contributed by atoms with E-state index in [1.165, 1.54) is 11.8 Å². The molecule has 0 bridgehead atoms. The molecule has 1 aromatic carbocycles. The Bertz CT molecular complexity index is 334. The van der Waals surface area contributed by atoms with Gasteiger partial charge >= 0.3 is 0 Å². The van der Waals surface area contributed by atoms with Gasteiger partial charge in [0, 0.05) is 4.47 Å². The van der Waals surface area contributed by atoms with Crippen LogP contribution in [0.25, 0.3) is 0 Å². The molecule has 0 aliphatic rings. The molecule has 0 heterocycles. The Morgan fingerprint density at radius 1 is 1.50 bits per heavy atom. The molecule has 4 heteroatoms. The molecule has 0 amide bonds. The second-order valence-corrected chi connectivity index (χ2v) is 5.15. The van der Waals surface area contributed by atoms with Crippen LogP contribution in [0.15, 0.2) is 28.7 Å². The van der Waals surface area contributed by atoms with Crippen molar-refractivity contribution in [3.8, 4) is 0 Å². The molecule has 14 heavy (non-hydrogen) atoms. The molecule has 0 saturated carbocycles. The molecule has 0 aliphatic carbocycles. The van der Waals surface area contributed by atoms with Crippen molar-refractivity contribution in [2.75, 3.05) is 6.26 Å². The lowest BCUT2D eigenvalue weighted by Crippen LogP contribution is -2.07. The Balaban J connectivity index is 2.95. The highest BCUT2D eigenvalue weighted by Gasteiger charge is 2.14. The maximum Gasteiger partial charge on any atom is 0.133 e. The minimum atomic E-state index is -0.270. The zero-order chi connectivity index (χ0) is 10.6. The summed E-state index contributed by atoms with van der Waals surface area (Å²) in [5.74, 6) is -0.270. The average Bonchev–Trinajstić information content (AvgIpc) is 2.21. The standard InChI is InChI=1S/C10H9BrOS2/c1-14-10(13)9(6-12)7-2-4-8(11)5-3-7/h2-6,9H,1H3/t9-/m0/s1. The molecular formula is C10H9BrOS2. The van der Waals surface area contributed by atoms with Gasteiger partial charge < -0.3 is 4.79 Å². The molecule has 0 radical (unpaired) electrons. The highest BCUT2D eigenvalue weighted by molar-refractivity contribution is 9.10. The molecule has 1 nitrogen and oxygen atoms in total. The second-order valence-electron chi connectivity index (χ2n) is 2.69. The molecule has 0 unspecified atom stereocenters. The van der Waals surface area contributed by atoms with Gasteiger partial charge in [-0.3, -0.25) is 0 Å². The van der Waals surface area contributed by atoms with E-state index in [0.717, 1.165) is 16.3 Å². The third-order valence-electron chi connectivity index (χ3n) is 1.82. The Labute approximate surface area is 101 Å². The van der Waals surface area contributed by atoms with Crippen LogP contribution in [0, 0.1) is 0 Å². The van der Waals surface area contributed by atoms with Gasteiger partial charge in [0.05, 0.1) is 10.1 Å². The predicted molar refractivity (Wildman–Crippen MR) is 69.1 cm³/mol. The maximum atomic E-state index is 10.9. The molecular weight excluding hydrogens is 280 g/mol. The van der Waals surface area contributed by atoms with Crippen molar-refractivity contribution >= 4 is 50.4 Å². The molecule has 0 saturated heterocycles. The fourth-order valence-electron chi connectivity index (χ4n) is 1.07. The summed E-state index contributed by atoms with van der Waals surface area (Å²) in [5.41, 5.74) is 0.947. The van der Waals surface area contributed by atoms with Gasteiger partial charge in [0.2, 0.25) is 0 Å². The summed E-state index contributed by atoms with van der Waals surface area (Å²) in [4.78, 5) is 10.9. The van der Waals surface area contributed by atoms with Crippen molar-refractivity contribution < 1.29 is 4.79 Å². The number of thiocarbonyl (C=S) groups is 1. The molecule has 1 rings (SSSR count). The third-order valence-corrected chi connectivity index (χ3v) is 3.76. The predicted octanol–water partition coefficient (Wildman–Crippen LogP) is 3.42. The van der Waals surface area contributed by atoms with Gasteiger partial charge in [0.15, 0.2) is 0 Å². The third kappa shape index (κ3) is 2.90. The lowest BCUT2D eigenvalue weighted by molar-refractivity contribution is -0.107. The number of hydrogen-bond donors (Lipinski definition) is 0. The van der Waals surface area contributed by atoms with Crippen molar-refractivity contribution in [2.45, 2.75) is 5.92 Å². The topological polar surface area (TPSA) is 17.1 Å². The van der Waals surface area contributed by atoms with Crippen LogP contribution in [-0.4, -0.2) is 16.7 Å². The first kappa shape index (κ1) is 11.9. The minimum Gasteiger partial charge on any atom is -0.302 e. The Hall–Kier alpha value is -0.190. The van der Waals surface area contributed by atoms with E-state index in [0.29, 0.717) is 4.20 Å². The first-order valence-electron chi connectivity index (χ1n) is 3.97.